The summed E-state index contributed by atoms with van der Waals surface area (Å²) >= 11 is 6.21. The summed E-state index contributed by atoms with van der Waals surface area (Å²) in [6.07, 6.45) is 7.32. The van der Waals surface area contributed by atoms with Gasteiger partial charge in [-0.3, -0.25) is 0 Å². The number of aromatic nitrogens is 1. The van der Waals surface area contributed by atoms with Gasteiger partial charge in [0, 0.05) is 25.3 Å². The summed E-state index contributed by atoms with van der Waals surface area (Å²) in [6.45, 7) is 8.64. The van der Waals surface area contributed by atoms with Gasteiger partial charge in [0.1, 0.15) is 5.82 Å². The van der Waals surface area contributed by atoms with Crippen LogP contribution in [0.3, 0.4) is 0 Å². The van der Waals surface area contributed by atoms with E-state index in [1.165, 1.54) is 12.8 Å². The first-order valence-corrected chi connectivity index (χ1v) is 7.36. The van der Waals surface area contributed by atoms with Crippen LogP contribution in [0, 0.1) is 0 Å². The van der Waals surface area contributed by atoms with Gasteiger partial charge in [0.2, 0.25) is 0 Å². The average Bonchev–Trinajstić information content (AvgIpc) is 3.23. The molecule has 0 atom stereocenters. The summed E-state index contributed by atoms with van der Waals surface area (Å²) < 4.78 is 0. The Morgan fingerprint density at radius 2 is 2.37 bits per heavy atom. The van der Waals surface area contributed by atoms with Crippen LogP contribution in [0.15, 0.2) is 24.9 Å². The minimum absolute atomic E-state index is 0.628. The largest absolute Gasteiger partial charge is 0.350 e. The lowest BCUT2D eigenvalue weighted by Crippen LogP contribution is -2.27. The van der Waals surface area contributed by atoms with Gasteiger partial charge in [-0.25, -0.2) is 4.98 Å². The van der Waals surface area contributed by atoms with Crippen LogP contribution in [0.2, 0.25) is 5.02 Å². The van der Waals surface area contributed by atoms with Gasteiger partial charge < -0.3 is 10.2 Å². The van der Waals surface area contributed by atoms with E-state index in [0.29, 0.717) is 6.04 Å². The molecule has 1 heterocycles. The van der Waals surface area contributed by atoms with Gasteiger partial charge >= 0.3 is 0 Å². The van der Waals surface area contributed by atoms with E-state index in [1.54, 1.807) is 6.20 Å². The van der Waals surface area contributed by atoms with Crippen molar-refractivity contribution in [3.05, 3.63) is 35.5 Å². The fourth-order valence-electron chi connectivity index (χ4n) is 2.12. The maximum atomic E-state index is 6.21. The van der Waals surface area contributed by atoms with Crippen LogP contribution in [0.1, 0.15) is 31.7 Å². The Labute approximate surface area is 120 Å². The number of pyridine rings is 1. The first kappa shape index (κ1) is 14.4. The predicted molar refractivity (Wildman–Crippen MR) is 81.8 cm³/mol. The number of anilines is 1. The van der Waals surface area contributed by atoms with Crippen LogP contribution < -0.4 is 10.2 Å². The van der Waals surface area contributed by atoms with Crippen molar-refractivity contribution in [3.8, 4) is 0 Å². The molecule has 0 radical (unpaired) electrons. The Balaban J connectivity index is 2.11. The van der Waals surface area contributed by atoms with Crippen LogP contribution in [0.5, 0.6) is 0 Å². The van der Waals surface area contributed by atoms with Crippen LogP contribution in [-0.4, -0.2) is 24.1 Å². The quantitative estimate of drug-likeness (QED) is 0.584. The summed E-state index contributed by atoms with van der Waals surface area (Å²) in [5.41, 5.74) is 1.12. The normalized spacial score (nSPS) is 14.4. The van der Waals surface area contributed by atoms with E-state index >= 15 is 0 Å². The van der Waals surface area contributed by atoms with Gasteiger partial charge in [0.15, 0.2) is 0 Å². The number of hydrogen-bond acceptors (Lipinski definition) is 3. The molecule has 0 aliphatic heterocycles. The molecule has 0 unspecified atom stereocenters. The molecule has 0 bridgehead atoms. The van der Waals surface area contributed by atoms with E-state index in [0.717, 1.165) is 42.5 Å². The third kappa shape index (κ3) is 3.95. The molecule has 19 heavy (non-hydrogen) atoms. The highest BCUT2D eigenvalue weighted by Gasteiger charge is 2.29. The van der Waals surface area contributed by atoms with Gasteiger partial charge in [-0.2, -0.15) is 0 Å². The molecule has 0 aromatic carbocycles. The van der Waals surface area contributed by atoms with Crippen molar-refractivity contribution >= 4 is 17.4 Å². The highest BCUT2D eigenvalue weighted by molar-refractivity contribution is 6.31. The van der Waals surface area contributed by atoms with Gasteiger partial charge in [-0.05, 0) is 37.4 Å². The second-order valence-corrected chi connectivity index (χ2v) is 5.39. The molecule has 0 saturated heterocycles. The Bertz CT molecular complexity index is 429. The average molecular weight is 280 g/mol. The molecule has 1 saturated carbocycles. The Hall–Kier alpha value is -1.06. The van der Waals surface area contributed by atoms with Crippen molar-refractivity contribution in [1.29, 1.82) is 0 Å². The first-order chi connectivity index (χ1) is 9.26. The van der Waals surface area contributed by atoms with E-state index in [4.69, 9.17) is 11.6 Å². The number of rotatable bonds is 8. The summed E-state index contributed by atoms with van der Waals surface area (Å²) in [4.78, 5) is 6.78. The molecule has 1 aromatic heterocycles. The number of nitrogens with zero attached hydrogens (tertiary/aromatic N) is 2. The molecule has 3 nitrogen and oxygen atoms in total. The van der Waals surface area contributed by atoms with Crippen LogP contribution in [0.25, 0.3) is 0 Å². The molecule has 0 spiro atoms. The van der Waals surface area contributed by atoms with Crippen molar-refractivity contribution in [2.75, 3.05) is 18.0 Å². The van der Waals surface area contributed by atoms with Crippen LogP contribution in [0.4, 0.5) is 5.82 Å². The fraction of sp³-hybridized carbons (Fsp3) is 0.533. The number of halogens is 1. The molecule has 1 N–H and O–H groups in total. The second kappa shape index (κ2) is 6.92. The number of hydrogen-bond donors (Lipinski definition) is 1. The smallest absolute Gasteiger partial charge is 0.129 e. The summed E-state index contributed by atoms with van der Waals surface area (Å²) in [5.74, 6) is 1.01. The molecular weight excluding hydrogens is 258 g/mol. The Morgan fingerprint density at radius 3 is 3.00 bits per heavy atom. The van der Waals surface area contributed by atoms with Gasteiger partial charge in [-0.15, -0.1) is 6.58 Å². The number of nitrogens with one attached hydrogen (secondary N) is 1. The molecule has 1 aromatic rings. The highest BCUT2D eigenvalue weighted by atomic mass is 35.5. The Kier molecular flexibility index (Phi) is 5.23. The molecule has 4 heteroatoms. The van der Waals surface area contributed by atoms with Crippen molar-refractivity contribution in [3.63, 3.8) is 0 Å². The first-order valence-electron chi connectivity index (χ1n) is 6.99. The predicted octanol–water partition coefficient (Wildman–Crippen LogP) is 3.39. The van der Waals surface area contributed by atoms with Crippen LogP contribution >= 0.6 is 11.6 Å². The highest BCUT2D eigenvalue weighted by Crippen LogP contribution is 2.31. The lowest BCUT2D eigenvalue weighted by molar-refractivity contribution is 0.674. The third-order valence-electron chi connectivity index (χ3n) is 3.27. The SMILES string of the molecule is C=CCN(c1cc(CNCCC)c(Cl)cn1)C1CC1. The third-order valence-corrected chi connectivity index (χ3v) is 3.61. The fourth-order valence-corrected chi connectivity index (χ4v) is 2.29. The molecule has 104 valence electrons. The van der Waals surface area contributed by atoms with E-state index in [-0.39, 0.29) is 0 Å². The van der Waals surface area contributed by atoms with Crippen molar-refractivity contribution < 1.29 is 0 Å². The summed E-state index contributed by atoms with van der Waals surface area (Å²) in [5, 5.41) is 4.12. The van der Waals surface area contributed by atoms with Crippen LogP contribution in [-0.2, 0) is 6.54 Å². The summed E-state index contributed by atoms with van der Waals surface area (Å²) in [7, 11) is 0. The molecule has 1 aliphatic rings. The van der Waals surface area contributed by atoms with E-state index in [1.807, 2.05) is 6.08 Å². The van der Waals surface area contributed by atoms with Crippen molar-refractivity contribution in [2.24, 2.45) is 0 Å². The van der Waals surface area contributed by atoms with Crippen molar-refractivity contribution in [2.45, 2.75) is 38.8 Å². The zero-order chi connectivity index (χ0) is 13.7. The standard InChI is InChI=1S/C15H22ClN3/c1-3-7-17-10-12-9-15(18-11-14(12)16)19(8-4-2)13-5-6-13/h4,9,11,13,17H,2-3,5-8,10H2,1H3. The molecule has 1 aliphatic carbocycles. The van der Waals surface area contributed by atoms with Gasteiger partial charge in [0.05, 0.1) is 5.02 Å². The van der Waals surface area contributed by atoms with Crippen molar-refractivity contribution in [1.82, 2.24) is 10.3 Å². The Morgan fingerprint density at radius 1 is 1.58 bits per heavy atom. The van der Waals surface area contributed by atoms with Gasteiger partial charge in [0.25, 0.3) is 0 Å². The van der Waals surface area contributed by atoms with E-state index in [2.05, 4.69) is 34.8 Å². The summed E-state index contributed by atoms with van der Waals surface area (Å²) in [6, 6.07) is 2.73. The minimum Gasteiger partial charge on any atom is -0.350 e. The molecule has 1 fully saturated rings. The monoisotopic (exact) mass is 279 g/mol. The van der Waals surface area contributed by atoms with Gasteiger partial charge in [-0.1, -0.05) is 24.6 Å². The zero-order valence-corrected chi connectivity index (χ0v) is 12.3. The maximum Gasteiger partial charge on any atom is 0.129 e. The molecule has 0 amide bonds. The second-order valence-electron chi connectivity index (χ2n) is 4.98. The lowest BCUT2D eigenvalue weighted by atomic mass is 10.2. The molecular formula is C15H22ClN3. The van der Waals surface area contributed by atoms with E-state index in [9.17, 15) is 0 Å². The van der Waals surface area contributed by atoms with E-state index < -0.39 is 0 Å². The molecule has 2 rings (SSSR count). The maximum absolute atomic E-state index is 6.21. The minimum atomic E-state index is 0.628. The topological polar surface area (TPSA) is 28.2 Å². The zero-order valence-electron chi connectivity index (χ0n) is 11.5. The lowest BCUT2D eigenvalue weighted by Gasteiger charge is -2.22.